The fourth-order valence-corrected chi connectivity index (χ4v) is 1.75. The Morgan fingerprint density at radius 3 is 2.93 bits per heavy atom. The molecule has 2 aromatic rings. The molecule has 2 rings (SSSR count). The predicted molar refractivity (Wildman–Crippen MR) is 62.9 cm³/mol. The number of hydrogen-bond acceptors (Lipinski definition) is 2. The Balaban J connectivity index is 2.51. The molecule has 0 aromatic carbocycles. The number of H-pyrrole nitrogens is 1. The van der Waals surface area contributed by atoms with Crippen LogP contribution in [-0.2, 0) is 5.33 Å². The molecule has 0 saturated carbocycles. The van der Waals surface area contributed by atoms with E-state index in [2.05, 4.69) is 25.9 Å². The van der Waals surface area contributed by atoms with E-state index >= 15 is 0 Å². The first-order chi connectivity index (χ1) is 7.31. The lowest BCUT2D eigenvalue weighted by Crippen LogP contribution is -2.10. The predicted octanol–water partition coefficient (Wildman–Crippen LogP) is 2.33. The van der Waals surface area contributed by atoms with Gasteiger partial charge in [0, 0.05) is 35.0 Å². The van der Waals surface area contributed by atoms with Gasteiger partial charge in [-0.25, -0.2) is 0 Å². The smallest absolute Gasteiger partial charge is 0.252 e. The molecule has 1 N–H and O–H groups in total. The summed E-state index contributed by atoms with van der Waals surface area (Å²) < 4.78 is 0. The lowest BCUT2D eigenvalue weighted by molar-refractivity contribution is 1.17. The second kappa shape index (κ2) is 4.40. The highest BCUT2D eigenvalue weighted by Crippen LogP contribution is 2.17. The number of nitrogens with one attached hydrogen (secondary N) is 1. The second-order valence-electron chi connectivity index (χ2n) is 3.12. The molecule has 0 fully saturated rings. The molecule has 0 bridgehead atoms. The molecular weight excluding hydrogens is 256 g/mol. The fraction of sp³-hybridized carbons (Fsp3) is 0.0909. The summed E-state index contributed by atoms with van der Waals surface area (Å²) in [4.78, 5) is 18.1. The lowest BCUT2D eigenvalue weighted by atomic mass is 10.1. The van der Waals surface area contributed by atoms with E-state index in [0.29, 0.717) is 5.33 Å². The molecule has 2 aromatic heterocycles. The maximum Gasteiger partial charge on any atom is 0.252 e. The maximum absolute atomic E-state index is 11.3. The van der Waals surface area contributed by atoms with Gasteiger partial charge in [-0.2, -0.15) is 0 Å². The van der Waals surface area contributed by atoms with E-state index in [-0.39, 0.29) is 5.56 Å². The first kappa shape index (κ1) is 10.1. The molecule has 76 valence electrons. The van der Waals surface area contributed by atoms with Gasteiger partial charge >= 0.3 is 0 Å². The van der Waals surface area contributed by atoms with Crippen LogP contribution in [-0.4, -0.2) is 9.97 Å². The summed E-state index contributed by atoms with van der Waals surface area (Å²) in [5, 5.41) is 0.552. The number of aromatic nitrogens is 2. The van der Waals surface area contributed by atoms with Crippen LogP contribution in [0.2, 0.25) is 0 Å². The van der Waals surface area contributed by atoms with Gasteiger partial charge < -0.3 is 4.98 Å². The second-order valence-corrected chi connectivity index (χ2v) is 3.68. The van der Waals surface area contributed by atoms with Crippen LogP contribution in [0.5, 0.6) is 0 Å². The van der Waals surface area contributed by atoms with Crippen LogP contribution in [0.15, 0.2) is 41.6 Å². The van der Waals surface area contributed by atoms with Crippen molar-refractivity contribution < 1.29 is 0 Å². The van der Waals surface area contributed by atoms with E-state index in [4.69, 9.17) is 0 Å². The van der Waals surface area contributed by atoms with Crippen LogP contribution in [0.4, 0.5) is 0 Å². The van der Waals surface area contributed by atoms with Crippen LogP contribution >= 0.6 is 15.9 Å². The van der Waals surface area contributed by atoms with Gasteiger partial charge in [0.1, 0.15) is 0 Å². The largest absolute Gasteiger partial charge is 0.328 e. The van der Waals surface area contributed by atoms with Crippen molar-refractivity contribution in [1.29, 1.82) is 0 Å². The first-order valence-corrected chi connectivity index (χ1v) is 5.61. The summed E-state index contributed by atoms with van der Waals surface area (Å²) in [6.45, 7) is 0. The zero-order chi connectivity index (χ0) is 10.7. The number of hydrogen-bond donors (Lipinski definition) is 1. The normalized spacial score (nSPS) is 10.2. The molecule has 4 heteroatoms. The van der Waals surface area contributed by atoms with Crippen LogP contribution in [0.25, 0.3) is 11.1 Å². The van der Waals surface area contributed by atoms with Gasteiger partial charge in [0.25, 0.3) is 5.56 Å². The fourth-order valence-electron chi connectivity index (χ4n) is 1.33. The molecule has 0 unspecified atom stereocenters. The van der Waals surface area contributed by atoms with Gasteiger partial charge in [-0.05, 0) is 17.7 Å². The van der Waals surface area contributed by atoms with Gasteiger partial charge in [-0.3, -0.25) is 9.78 Å². The molecule has 0 radical (unpaired) electrons. The average molecular weight is 265 g/mol. The Kier molecular flexibility index (Phi) is 2.97. The Hall–Kier alpha value is -1.42. The van der Waals surface area contributed by atoms with Crippen LogP contribution < -0.4 is 5.56 Å². The average Bonchev–Trinajstić information content (AvgIpc) is 2.31. The SMILES string of the molecule is O=c1[nH]cc(-c2cccnc2)cc1CBr. The summed E-state index contributed by atoms with van der Waals surface area (Å²) in [6, 6.07) is 5.69. The van der Waals surface area contributed by atoms with E-state index in [1.165, 1.54) is 0 Å². The summed E-state index contributed by atoms with van der Waals surface area (Å²) in [5.74, 6) is 0. The third kappa shape index (κ3) is 2.15. The van der Waals surface area contributed by atoms with E-state index in [1.54, 1.807) is 18.6 Å². The number of nitrogens with zero attached hydrogens (tertiary/aromatic N) is 1. The summed E-state index contributed by atoms with van der Waals surface area (Å²) >= 11 is 3.28. The molecular formula is C11H9BrN2O. The monoisotopic (exact) mass is 264 g/mol. The molecule has 0 aliphatic carbocycles. The molecule has 15 heavy (non-hydrogen) atoms. The van der Waals surface area contributed by atoms with Crippen molar-refractivity contribution >= 4 is 15.9 Å². The standard InChI is InChI=1S/C11H9BrN2O/c12-5-9-4-10(7-14-11(9)15)8-2-1-3-13-6-8/h1-4,6-7H,5H2,(H,14,15). The third-order valence-electron chi connectivity index (χ3n) is 2.12. The summed E-state index contributed by atoms with van der Waals surface area (Å²) in [6.07, 6.45) is 5.19. The zero-order valence-electron chi connectivity index (χ0n) is 7.90. The highest BCUT2D eigenvalue weighted by atomic mass is 79.9. The minimum absolute atomic E-state index is 0.0560. The van der Waals surface area contributed by atoms with Crippen molar-refractivity contribution in [1.82, 2.24) is 9.97 Å². The summed E-state index contributed by atoms with van der Waals surface area (Å²) in [5.41, 5.74) is 2.63. The first-order valence-electron chi connectivity index (χ1n) is 4.49. The molecule has 3 nitrogen and oxygen atoms in total. The number of aromatic amines is 1. The number of pyridine rings is 2. The number of rotatable bonds is 2. The van der Waals surface area contributed by atoms with Gasteiger partial charge in [-0.15, -0.1) is 0 Å². The van der Waals surface area contributed by atoms with Crippen LogP contribution in [0, 0.1) is 0 Å². The summed E-state index contributed by atoms with van der Waals surface area (Å²) in [7, 11) is 0. The minimum Gasteiger partial charge on any atom is -0.328 e. The molecule has 0 spiro atoms. The topological polar surface area (TPSA) is 45.8 Å². The maximum atomic E-state index is 11.3. The Morgan fingerprint density at radius 1 is 1.40 bits per heavy atom. The van der Waals surface area contributed by atoms with Crippen molar-refractivity contribution in [3.63, 3.8) is 0 Å². The van der Waals surface area contributed by atoms with E-state index < -0.39 is 0 Å². The van der Waals surface area contributed by atoms with Crippen molar-refractivity contribution in [2.24, 2.45) is 0 Å². The Morgan fingerprint density at radius 2 is 2.27 bits per heavy atom. The van der Waals surface area contributed by atoms with Crippen molar-refractivity contribution in [3.05, 3.63) is 52.7 Å². The van der Waals surface area contributed by atoms with Gasteiger partial charge in [0.2, 0.25) is 0 Å². The zero-order valence-corrected chi connectivity index (χ0v) is 9.49. The van der Waals surface area contributed by atoms with Gasteiger partial charge in [0.05, 0.1) is 0 Å². The third-order valence-corrected chi connectivity index (χ3v) is 2.72. The quantitative estimate of drug-likeness (QED) is 0.847. The van der Waals surface area contributed by atoms with Crippen molar-refractivity contribution in [2.75, 3.05) is 0 Å². The Labute approximate surface area is 95.3 Å². The van der Waals surface area contributed by atoms with E-state index in [1.807, 2.05) is 18.2 Å². The van der Waals surface area contributed by atoms with Crippen molar-refractivity contribution in [2.45, 2.75) is 5.33 Å². The van der Waals surface area contributed by atoms with Gasteiger partial charge in [0.15, 0.2) is 0 Å². The molecule has 2 heterocycles. The van der Waals surface area contributed by atoms with Crippen LogP contribution in [0.1, 0.15) is 5.56 Å². The highest BCUT2D eigenvalue weighted by Gasteiger charge is 2.02. The molecule has 0 atom stereocenters. The highest BCUT2D eigenvalue weighted by molar-refractivity contribution is 9.08. The lowest BCUT2D eigenvalue weighted by Gasteiger charge is -2.01. The van der Waals surface area contributed by atoms with Crippen molar-refractivity contribution in [3.8, 4) is 11.1 Å². The molecule has 0 aliphatic rings. The Bertz CT molecular complexity index is 507. The number of halogens is 1. The minimum atomic E-state index is -0.0560. The number of alkyl halides is 1. The molecule has 0 amide bonds. The van der Waals surface area contributed by atoms with E-state index in [9.17, 15) is 4.79 Å². The van der Waals surface area contributed by atoms with Crippen LogP contribution in [0.3, 0.4) is 0 Å². The molecule has 0 aliphatic heterocycles. The van der Waals surface area contributed by atoms with Gasteiger partial charge in [-0.1, -0.05) is 22.0 Å². The molecule has 0 saturated heterocycles. The van der Waals surface area contributed by atoms with E-state index in [0.717, 1.165) is 16.7 Å².